The van der Waals surface area contributed by atoms with Crippen molar-refractivity contribution in [1.29, 1.82) is 0 Å². The van der Waals surface area contributed by atoms with Crippen LogP contribution in [0.25, 0.3) is 0 Å². The predicted octanol–water partition coefficient (Wildman–Crippen LogP) is 3.57. The zero-order valence-electron chi connectivity index (χ0n) is 18.9. The molecule has 0 aromatic heterocycles. The van der Waals surface area contributed by atoms with Crippen molar-refractivity contribution in [3.8, 4) is 11.5 Å². The van der Waals surface area contributed by atoms with Crippen molar-refractivity contribution >= 4 is 23.5 Å². The monoisotopic (exact) mass is 462 g/mol. The van der Waals surface area contributed by atoms with Crippen LogP contribution in [0.4, 0.5) is 5.69 Å². The summed E-state index contributed by atoms with van der Waals surface area (Å²) in [5.74, 6) is -0.328. The van der Waals surface area contributed by atoms with E-state index in [9.17, 15) is 14.4 Å². The van der Waals surface area contributed by atoms with E-state index in [2.05, 4.69) is 10.6 Å². The van der Waals surface area contributed by atoms with Crippen molar-refractivity contribution in [2.75, 3.05) is 19.0 Å². The van der Waals surface area contributed by atoms with Crippen molar-refractivity contribution in [1.82, 2.24) is 5.32 Å². The number of hydrogen-bond donors (Lipinski definition) is 2. The zero-order valence-corrected chi connectivity index (χ0v) is 18.9. The summed E-state index contributed by atoms with van der Waals surface area (Å²) < 4.78 is 15.8. The molecule has 0 heterocycles. The molecule has 0 saturated heterocycles. The van der Waals surface area contributed by atoms with Crippen LogP contribution >= 0.6 is 0 Å². The molecule has 2 amide bonds. The molecule has 0 saturated carbocycles. The van der Waals surface area contributed by atoms with E-state index < -0.39 is 12.1 Å². The van der Waals surface area contributed by atoms with Gasteiger partial charge in [-0.05, 0) is 48.9 Å². The maximum absolute atomic E-state index is 12.3. The van der Waals surface area contributed by atoms with Crippen LogP contribution < -0.4 is 20.1 Å². The highest BCUT2D eigenvalue weighted by molar-refractivity contribution is 5.93. The highest BCUT2D eigenvalue weighted by Crippen LogP contribution is 2.17. The molecule has 0 spiro atoms. The number of methoxy groups -OCH3 is 1. The Morgan fingerprint density at radius 2 is 1.62 bits per heavy atom. The molecule has 34 heavy (non-hydrogen) atoms. The van der Waals surface area contributed by atoms with Gasteiger partial charge in [0.15, 0.2) is 12.7 Å². The summed E-state index contributed by atoms with van der Waals surface area (Å²) in [6.07, 6.45) is -0.951. The van der Waals surface area contributed by atoms with Crippen LogP contribution in [-0.4, -0.2) is 37.6 Å². The normalized spacial score (nSPS) is 11.1. The van der Waals surface area contributed by atoms with E-state index in [1.165, 1.54) is 19.1 Å². The van der Waals surface area contributed by atoms with Gasteiger partial charge in [0, 0.05) is 18.3 Å². The minimum atomic E-state index is -0.951. The highest BCUT2D eigenvalue weighted by atomic mass is 16.5. The Morgan fingerprint density at radius 1 is 0.882 bits per heavy atom. The lowest BCUT2D eigenvalue weighted by atomic mass is 10.2. The van der Waals surface area contributed by atoms with Gasteiger partial charge in [-0.25, -0.2) is 4.79 Å². The average Bonchev–Trinajstić information content (AvgIpc) is 2.87. The Morgan fingerprint density at radius 3 is 2.32 bits per heavy atom. The molecule has 8 heteroatoms. The summed E-state index contributed by atoms with van der Waals surface area (Å²) in [5.41, 5.74) is 1.80. The Balaban J connectivity index is 1.44. The van der Waals surface area contributed by atoms with E-state index in [4.69, 9.17) is 14.2 Å². The first-order valence-electron chi connectivity index (χ1n) is 10.6. The van der Waals surface area contributed by atoms with Crippen molar-refractivity contribution in [3.05, 3.63) is 90.0 Å². The number of rotatable bonds is 10. The molecule has 3 aromatic rings. The fraction of sp³-hybridized carbons (Fsp3) is 0.192. The van der Waals surface area contributed by atoms with Gasteiger partial charge in [0.05, 0.1) is 12.7 Å². The molecule has 0 fully saturated rings. The lowest BCUT2D eigenvalue weighted by Gasteiger charge is -2.14. The maximum atomic E-state index is 12.3. The van der Waals surface area contributed by atoms with Gasteiger partial charge in [0.1, 0.15) is 11.5 Å². The summed E-state index contributed by atoms with van der Waals surface area (Å²) in [5, 5.41) is 5.45. The van der Waals surface area contributed by atoms with E-state index in [0.717, 1.165) is 5.56 Å². The number of carbonyl (C=O) groups excluding carboxylic acids is 3. The lowest BCUT2D eigenvalue weighted by molar-refractivity contribution is -0.129. The van der Waals surface area contributed by atoms with Crippen LogP contribution in [0.5, 0.6) is 11.5 Å². The average molecular weight is 463 g/mol. The van der Waals surface area contributed by atoms with Gasteiger partial charge in [-0.1, -0.05) is 36.4 Å². The third-order valence-corrected chi connectivity index (χ3v) is 4.78. The first kappa shape index (κ1) is 24.3. The molecular weight excluding hydrogens is 436 g/mol. The highest BCUT2D eigenvalue weighted by Gasteiger charge is 2.18. The second-order valence-corrected chi connectivity index (χ2v) is 7.34. The van der Waals surface area contributed by atoms with E-state index in [-0.39, 0.29) is 24.0 Å². The number of carbonyl (C=O) groups is 3. The fourth-order valence-electron chi connectivity index (χ4n) is 2.94. The SMILES string of the molecule is COc1cccc(NC(=O)COc2ccc(C(=O)OC(C)C(=O)NCc3ccccc3)cc2)c1. The van der Waals surface area contributed by atoms with Gasteiger partial charge in [0.25, 0.3) is 11.8 Å². The van der Waals surface area contributed by atoms with Gasteiger partial charge in [-0.2, -0.15) is 0 Å². The molecular formula is C26H26N2O6. The Bertz CT molecular complexity index is 1120. The number of amides is 2. The molecule has 1 atom stereocenters. The third-order valence-electron chi connectivity index (χ3n) is 4.78. The topological polar surface area (TPSA) is 103 Å². The van der Waals surface area contributed by atoms with Crippen LogP contribution in [0.3, 0.4) is 0 Å². The molecule has 3 aromatic carbocycles. The summed E-state index contributed by atoms with van der Waals surface area (Å²) in [6, 6.07) is 22.5. The lowest BCUT2D eigenvalue weighted by Crippen LogP contribution is -2.35. The summed E-state index contributed by atoms with van der Waals surface area (Å²) in [4.78, 5) is 36.6. The number of hydrogen-bond acceptors (Lipinski definition) is 6. The smallest absolute Gasteiger partial charge is 0.338 e. The van der Waals surface area contributed by atoms with E-state index in [1.54, 1.807) is 43.5 Å². The largest absolute Gasteiger partial charge is 0.497 e. The minimum absolute atomic E-state index is 0.209. The molecule has 0 bridgehead atoms. The first-order chi connectivity index (χ1) is 16.4. The number of esters is 1. The molecule has 8 nitrogen and oxygen atoms in total. The number of nitrogens with one attached hydrogen (secondary N) is 2. The molecule has 2 N–H and O–H groups in total. The minimum Gasteiger partial charge on any atom is -0.497 e. The van der Waals surface area contributed by atoms with Crippen molar-refractivity contribution in [3.63, 3.8) is 0 Å². The van der Waals surface area contributed by atoms with Crippen molar-refractivity contribution < 1.29 is 28.6 Å². The number of anilines is 1. The maximum Gasteiger partial charge on any atom is 0.338 e. The predicted molar refractivity (Wildman–Crippen MR) is 127 cm³/mol. The van der Waals surface area contributed by atoms with Crippen molar-refractivity contribution in [2.45, 2.75) is 19.6 Å². The quantitative estimate of drug-likeness (QED) is 0.447. The van der Waals surface area contributed by atoms with E-state index in [1.807, 2.05) is 30.3 Å². The van der Waals surface area contributed by atoms with Gasteiger partial charge >= 0.3 is 5.97 Å². The van der Waals surface area contributed by atoms with Crippen molar-refractivity contribution in [2.24, 2.45) is 0 Å². The van der Waals surface area contributed by atoms with Gasteiger partial charge in [0.2, 0.25) is 0 Å². The fourth-order valence-corrected chi connectivity index (χ4v) is 2.94. The van der Waals surface area contributed by atoms with Gasteiger partial charge in [-0.3, -0.25) is 9.59 Å². The molecule has 0 aliphatic heterocycles. The van der Waals surface area contributed by atoms with Crippen LogP contribution in [0.2, 0.25) is 0 Å². The molecule has 0 radical (unpaired) electrons. The summed E-state index contributed by atoms with van der Waals surface area (Å²) in [7, 11) is 1.55. The Kier molecular flexibility index (Phi) is 8.62. The Hall–Kier alpha value is -4.33. The van der Waals surface area contributed by atoms with Crippen LogP contribution in [0, 0.1) is 0 Å². The molecule has 1 unspecified atom stereocenters. The molecule has 0 aliphatic rings. The Labute approximate surface area is 197 Å². The molecule has 0 aliphatic carbocycles. The second kappa shape index (κ2) is 12.1. The third kappa shape index (κ3) is 7.37. The number of ether oxygens (including phenoxy) is 3. The summed E-state index contributed by atoms with van der Waals surface area (Å²) >= 11 is 0. The first-order valence-corrected chi connectivity index (χ1v) is 10.6. The standard InChI is InChI=1S/C26H26N2O6/c1-18(25(30)27-16-19-7-4-3-5-8-19)34-26(31)20-11-13-22(14-12-20)33-17-24(29)28-21-9-6-10-23(15-21)32-2/h3-15,18H,16-17H2,1-2H3,(H,27,30)(H,28,29). The molecule has 3 rings (SSSR count). The van der Waals surface area contributed by atoms with Crippen LogP contribution in [-0.2, 0) is 20.9 Å². The van der Waals surface area contributed by atoms with Gasteiger partial charge < -0.3 is 24.8 Å². The zero-order chi connectivity index (χ0) is 24.3. The van der Waals surface area contributed by atoms with Crippen LogP contribution in [0.1, 0.15) is 22.8 Å². The second-order valence-electron chi connectivity index (χ2n) is 7.34. The van der Waals surface area contributed by atoms with Gasteiger partial charge in [-0.15, -0.1) is 0 Å². The summed E-state index contributed by atoms with van der Waals surface area (Å²) in [6.45, 7) is 1.65. The number of benzene rings is 3. The van der Waals surface area contributed by atoms with E-state index in [0.29, 0.717) is 23.7 Å². The molecule has 176 valence electrons. The van der Waals surface area contributed by atoms with E-state index >= 15 is 0 Å². The van der Waals surface area contributed by atoms with Crippen LogP contribution in [0.15, 0.2) is 78.9 Å².